The second-order valence-corrected chi connectivity index (χ2v) is 4.34. The van der Waals surface area contributed by atoms with E-state index in [-0.39, 0.29) is 17.5 Å². The average Bonchev–Trinajstić information content (AvgIpc) is 2.42. The smallest absolute Gasteiger partial charge is 0.306 e. The third-order valence-corrected chi connectivity index (χ3v) is 2.74. The molecule has 1 atom stereocenters. The molecule has 5 nitrogen and oxygen atoms in total. The molecule has 1 unspecified atom stereocenters. The van der Waals surface area contributed by atoms with Crippen molar-refractivity contribution in [1.82, 2.24) is 9.78 Å². The number of nitrogens with zero attached hydrogens (tertiary/aromatic N) is 2. The first-order chi connectivity index (χ1) is 7.34. The molecule has 1 aromatic heterocycles. The molecule has 0 radical (unpaired) electrons. The minimum absolute atomic E-state index is 0.0807. The molecule has 6 heteroatoms. The van der Waals surface area contributed by atoms with Gasteiger partial charge in [0.15, 0.2) is 0 Å². The van der Waals surface area contributed by atoms with E-state index in [0.717, 1.165) is 0 Å². The third-order valence-electron chi connectivity index (χ3n) is 2.29. The molecule has 0 fully saturated rings. The van der Waals surface area contributed by atoms with Crippen molar-refractivity contribution in [2.45, 2.75) is 32.3 Å². The van der Waals surface area contributed by atoms with Crippen molar-refractivity contribution in [3.8, 4) is 0 Å². The molecule has 0 amide bonds. The maximum atomic E-state index is 10.6. The van der Waals surface area contributed by atoms with Gasteiger partial charge in [-0.3, -0.25) is 9.48 Å². The quantitative estimate of drug-likeness (QED) is 0.848. The van der Waals surface area contributed by atoms with Crippen LogP contribution in [0, 0.1) is 0 Å². The van der Waals surface area contributed by atoms with Crippen LogP contribution in [0.2, 0.25) is 5.15 Å². The molecule has 0 aliphatic rings. The van der Waals surface area contributed by atoms with Gasteiger partial charge in [0, 0.05) is 12.6 Å². The lowest BCUT2D eigenvalue weighted by Gasteiger charge is -2.10. The normalized spacial score (nSPS) is 13.1. The number of aromatic nitrogens is 2. The van der Waals surface area contributed by atoms with Gasteiger partial charge in [0.1, 0.15) is 5.15 Å². The Kier molecular flexibility index (Phi) is 3.93. The fourth-order valence-corrected chi connectivity index (χ4v) is 1.80. The second-order valence-electron chi connectivity index (χ2n) is 3.98. The summed E-state index contributed by atoms with van der Waals surface area (Å²) in [4.78, 5) is 10.6. The zero-order valence-corrected chi connectivity index (χ0v) is 10.2. The van der Waals surface area contributed by atoms with Crippen molar-refractivity contribution >= 4 is 17.6 Å². The number of aryl methyl sites for hydroxylation is 1. The van der Waals surface area contributed by atoms with Crippen molar-refractivity contribution in [2.75, 3.05) is 0 Å². The molecule has 1 aromatic rings. The van der Waals surface area contributed by atoms with Gasteiger partial charge in [-0.05, 0) is 5.92 Å². The van der Waals surface area contributed by atoms with Gasteiger partial charge in [-0.2, -0.15) is 5.10 Å². The number of halogens is 1. The topological polar surface area (TPSA) is 75.3 Å². The van der Waals surface area contributed by atoms with Gasteiger partial charge in [-0.25, -0.2) is 0 Å². The third kappa shape index (κ3) is 2.54. The summed E-state index contributed by atoms with van der Waals surface area (Å²) in [6.45, 7) is 3.82. The minimum atomic E-state index is -1.11. The van der Waals surface area contributed by atoms with Gasteiger partial charge in [-0.15, -0.1) is 0 Å². The lowest BCUT2D eigenvalue weighted by molar-refractivity contribution is -0.139. The fourth-order valence-electron chi connectivity index (χ4n) is 1.54. The van der Waals surface area contributed by atoms with Crippen LogP contribution in [0.4, 0.5) is 0 Å². The Balaban J connectivity index is 3.14. The summed E-state index contributed by atoms with van der Waals surface area (Å²) >= 11 is 5.98. The number of carbonyl (C=O) groups is 1. The number of carboxylic acid groups (broad SMARTS) is 1. The Labute approximate surface area is 98.6 Å². The largest absolute Gasteiger partial charge is 0.481 e. The Morgan fingerprint density at radius 1 is 1.56 bits per heavy atom. The maximum absolute atomic E-state index is 10.6. The highest BCUT2D eigenvalue weighted by molar-refractivity contribution is 6.30. The number of aliphatic hydroxyl groups is 1. The molecule has 90 valence electrons. The number of carboxylic acids is 1. The average molecular weight is 247 g/mol. The molecule has 2 N–H and O–H groups in total. The Bertz CT molecular complexity index is 401. The first-order valence-corrected chi connectivity index (χ1v) is 5.34. The van der Waals surface area contributed by atoms with Crippen molar-refractivity contribution < 1.29 is 15.0 Å². The standard InChI is InChI=1S/C10H15ClN2O3/c1-5(2)9-8(6(14)4-7(15)16)10(11)13(3)12-9/h5-6,14H,4H2,1-3H3,(H,15,16). The highest BCUT2D eigenvalue weighted by Gasteiger charge is 2.24. The number of rotatable bonds is 4. The van der Waals surface area contributed by atoms with Crippen molar-refractivity contribution in [2.24, 2.45) is 7.05 Å². The van der Waals surface area contributed by atoms with Crippen molar-refractivity contribution in [3.05, 3.63) is 16.4 Å². The van der Waals surface area contributed by atoms with E-state index in [2.05, 4.69) is 5.10 Å². The van der Waals surface area contributed by atoms with Crippen LogP contribution in [-0.4, -0.2) is 26.0 Å². The molecule has 0 aromatic carbocycles. The van der Waals surface area contributed by atoms with Crippen molar-refractivity contribution in [1.29, 1.82) is 0 Å². The summed E-state index contributed by atoms with van der Waals surface area (Å²) in [5.74, 6) is -0.987. The summed E-state index contributed by atoms with van der Waals surface area (Å²) in [5.41, 5.74) is 1.06. The van der Waals surface area contributed by atoms with E-state index >= 15 is 0 Å². The maximum Gasteiger partial charge on any atom is 0.306 e. The molecule has 0 spiro atoms. The van der Waals surface area contributed by atoms with E-state index in [4.69, 9.17) is 16.7 Å². The van der Waals surface area contributed by atoms with E-state index in [1.165, 1.54) is 4.68 Å². The molecule has 1 heterocycles. The zero-order valence-electron chi connectivity index (χ0n) is 9.44. The van der Waals surface area contributed by atoms with Crippen molar-refractivity contribution in [3.63, 3.8) is 0 Å². The second kappa shape index (κ2) is 4.84. The van der Waals surface area contributed by atoms with Gasteiger partial charge in [-0.1, -0.05) is 25.4 Å². The van der Waals surface area contributed by atoms with E-state index in [1.807, 2.05) is 13.8 Å². The molecule has 0 aliphatic heterocycles. The van der Waals surface area contributed by atoms with Crippen LogP contribution < -0.4 is 0 Å². The lowest BCUT2D eigenvalue weighted by Crippen LogP contribution is -2.08. The van der Waals surface area contributed by atoms with Crippen LogP contribution in [-0.2, 0) is 11.8 Å². The van der Waals surface area contributed by atoms with E-state index in [1.54, 1.807) is 7.05 Å². The fraction of sp³-hybridized carbons (Fsp3) is 0.600. The van der Waals surface area contributed by atoms with Gasteiger partial charge in [0.05, 0.1) is 18.2 Å². The first kappa shape index (κ1) is 13.0. The van der Waals surface area contributed by atoms with E-state index in [9.17, 15) is 9.90 Å². The molecule has 16 heavy (non-hydrogen) atoms. The van der Waals surface area contributed by atoms with Crippen LogP contribution in [0.25, 0.3) is 0 Å². The summed E-state index contributed by atoms with van der Waals surface area (Å²) < 4.78 is 1.44. The number of aliphatic hydroxyl groups excluding tert-OH is 1. The number of aliphatic carboxylic acids is 1. The summed E-state index contributed by atoms with van der Waals surface area (Å²) in [7, 11) is 1.66. The van der Waals surface area contributed by atoms with Gasteiger partial charge >= 0.3 is 5.97 Å². The number of hydrogen-bond acceptors (Lipinski definition) is 3. The van der Waals surface area contributed by atoms with E-state index in [0.29, 0.717) is 11.3 Å². The van der Waals surface area contributed by atoms with Gasteiger partial charge < -0.3 is 10.2 Å². The Morgan fingerprint density at radius 2 is 2.12 bits per heavy atom. The highest BCUT2D eigenvalue weighted by Crippen LogP contribution is 2.32. The van der Waals surface area contributed by atoms with Gasteiger partial charge in [0.25, 0.3) is 0 Å². The molecule has 0 saturated heterocycles. The first-order valence-electron chi connectivity index (χ1n) is 4.96. The van der Waals surface area contributed by atoms with E-state index < -0.39 is 12.1 Å². The predicted molar refractivity (Wildman–Crippen MR) is 59.5 cm³/mol. The minimum Gasteiger partial charge on any atom is -0.481 e. The van der Waals surface area contributed by atoms with Crippen LogP contribution >= 0.6 is 11.6 Å². The Morgan fingerprint density at radius 3 is 2.56 bits per heavy atom. The number of hydrogen-bond donors (Lipinski definition) is 2. The Hall–Kier alpha value is -1.07. The van der Waals surface area contributed by atoms with Crippen LogP contribution in [0.5, 0.6) is 0 Å². The molecular formula is C10H15ClN2O3. The summed E-state index contributed by atoms with van der Waals surface area (Å²) in [6.07, 6.45) is -1.48. The van der Waals surface area contributed by atoms with Crippen LogP contribution in [0.15, 0.2) is 0 Å². The van der Waals surface area contributed by atoms with Crippen LogP contribution in [0.3, 0.4) is 0 Å². The molecule has 0 saturated carbocycles. The molecule has 0 aliphatic carbocycles. The molecule has 1 rings (SSSR count). The zero-order chi connectivity index (χ0) is 12.5. The monoisotopic (exact) mass is 246 g/mol. The highest BCUT2D eigenvalue weighted by atomic mass is 35.5. The lowest BCUT2D eigenvalue weighted by atomic mass is 10.0. The van der Waals surface area contributed by atoms with Crippen LogP contribution in [0.1, 0.15) is 43.5 Å². The van der Waals surface area contributed by atoms with Gasteiger partial charge in [0.2, 0.25) is 0 Å². The summed E-state index contributed by atoms with van der Waals surface area (Å²) in [5, 5.41) is 22.9. The SMILES string of the molecule is CC(C)c1nn(C)c(Cl)c1C(O)CC(=O)O. The molecular weight excluding hydrogens is 232 g/mol. The predicted octanol–water partition coefficient (Wildman–Crippen LogP) is 1.71. The molecule has 0 bridgehead atoms. The summed E-state index contributed by atoms with van der Waals surface area (Å²) in [6, 6.07) is 0.